The molecule has 0 aliphatic rings. The molecule has 4 aromatic rings. The quantitative estimate of drug-likeness (QED) is 0.510. The summed E-state index contributed by atoms with van der Waals surface area (Å²) < 4.78 is 15.3. The second-order valence-electron chi connectivity index (χ2n) is 7.38. The lowest BCUT2D eigenvalue weighted by Crippen LogP contribution is -2.20. The van der Waals surface area contributed by atoms with E-state index in [1.807, 2.05) is 17.1 Å². The maximum absolute atomic E-state index is 13.4. The van der Waals surface area contributed by atoms with Crippen molar-refractivity contribution >= 4 is 0 Å². The zero-order chi connectivity index (χ0) is 20.2. The normalized spacial score (nSPS) is 11.3. The summed E-state index contributed by atoms with van der Waals surface area (Å²) in [6, 6.07) is 14.8. The van der Waals surface area contributed by atoms with Gasteiger partial charge in [-0.1, -0.05) is 17.7 Å². The molecule has 0 saturated heterocycles. The number of hydrogen-bond donors (Lipinski definition) is 1. The van der Waals surface area contributed by atoms with E-state index < -0.39 is 0 Å². The lowest BCUT2D eigenvalue weighted by Gasteiger charge is -2.16. The average Bonchev–Trinajstić information content (AvgIpc) is 3.38. The monoisotopic (exact) mass is 389 g/mol. The second-order valence-corrected chi connectivity index (χ2v) is 7.38. The van der Waals surface area contributed by atoms with Crippen LogP contribution in [0.3, 0.4) is 0 Å². The van der Waals surface area contributed by atoms with Crippen molar-refractivity contribution in [3.8, 4) is 16.9 Å². The lowest BCUT2D eigenvalue weighted by atomic mass is 10.1. The van der Waals surface area contributed by atoms with Crippen LogP contribution in [0, 0.1) is 12.7 Å². The Labute approximate surface area is 169 Å². The maximum atomic E-state index is 13.4. The highest BCUT2D eigenvalue weighted by Gasteiger charge is 2.14. The second kappa shape index (κ2) is 8.41. The number of hydrogen-bond acceptors (Lipinski definition) is 3. The first-order valence-electron chi connectivity index (χ1n) is 9.66. The van der Waals surface area contributed by atoms with Crippen LogP contribution in [0.4, 0.5) is 4.39 Å². The number of aromatic nitrogens is 4. The third kappa shape index (κ3) is 4.60. The molecule has 4 rings (SSSR count). The highest BCUT2D eigenvalue weighted by Crippen LogP contribution is 2.25. The van der Waals surface area contributed by atoms with E-state index >= 15 is 0 Å². The lowest BCUT2D eigenvalue weighted by molar-refractivity contribution is 0.331. The molecule has 2 heterocycles. The van der Waals surface area contributed by atoms with Crippen molar-refractivity contribution in [3.05, 3.63) is 89.6 Å². The molecule has 29 heavy (non-hydrogen) atoms. The molecule has 0 aliphatic carbocycles. The van der Waals surface area contributed by atoms with Gasteiger partial charge in [0.15, 0.2) is 0 Å². The number of aryl methyl sites for hydroxylation is 1. The van der Waals surface area contributed by atoms with E-state index in [2.05, 4.69) is 59.5 Å². The number of nitrogens with one attached hydrogen (secondary N) is 1. The van der Waals surface area contributed by atoms with Gasteiger partial charge in [-0.3, -0.25) is 5.10 Å². The minimum atomic E-state index is -0.245. The fourth-order valence-corrected chi connectivity index (χ4v) is 3.31. The van der Waals surface area contributed by atoms with Gasteiger partial charge in [0.2, 0.25) is 0 Å². The van der Waals surface area contributed by atoms with E-state index in [1.54, 1.807) is 12.1 Å². The van der Waals surface area contributed by atoms with Crippen LogP contribution in [0.5, 0.6) is 0 Å². The van der Waals surface area contributed by atoms with E-state index in [4.69, 9.17) is 5.10 Å². The highest BCUT2D eigenvalue weighted by molar-refractivity contribution is 5.63. The summed E-state index contributed by atoms with van der Waals surface area (Å²) in [5, 5.41) is 11.7. The van der Waals surface area contributed by atoms with Gasteiger partial charge in [-0.05, 0) is 62.4 Å². The van der Waals surface area contributed by atoms with Crippen molar-refractivity contribution in [3.63, 3.8) is 0 Å². The molecular weight excluding hydrogens is 365 g/mol. The molecule has 2 aromatic heterocycles. The molecule has 5 nitrogen and oxygen atoms in total. The molecule has 0 amide bonds. The maximum Gasteiger partial charge on any atom is 0.123 e. The van der Waals surface area contributed by atoms with Crippen molar-refractivity contribution in [2.24, 2.45) is 0 Å². The Kier molecular flexibility index (Phi) is 5.53. The predicted molar refractivity (Wildman–Crippen MR) is 112 cm³/mol. The summed E-state index contributed by atoms with van der Waals surface area (Å²) in [6.45, 7) is 3.71. The molecule has 0 aliphatic heterocycles. The van der Waals surface area contributed by atoms with Crippen molar-refractivity contribution in [1.29, 1.82) is 0 Å². The Morgan fingerprint density at radius 3 is 2.52 bits per heavy atom. The fourth-order valence-electron chi connectivity index (χ4n) is 3.31. The van der Waals surface area contributed by atoms with Crippen LogP contribution in [-0.4, -0.2) is 38.5 Å². The molecule has 0 radical (unpaired) electrons. The molecule has 1 N–H and O–H groups in total. The van der Waals surface area contributed by atoms with Gasteiger partial charge in [-0.25, -0.2) is 9.07 Å². The zero-order valence-corrected chi connectivity index (χ0v) is 16.6. The average molecular weight is 389 g/mol. The number of rotatable bonds is 7. The minimum absolute atomic E-state index is 0.245. The summed E-state index contributed by atoms with van der Waals surface area (Å²) in [7, 11) is 2.09. The molecule has 2 aromatic carbocycles. The molecule has 0 bridgehead atoms. The van der Waals surface area contributed by atoms with Crippen molar-refractivity contribution in [1.82, 2.24) is 24.9 Å². The predicted octanol–water partition coefficient (Wildman–Crippen LogP) is 4.38. The van der Waals surface area contributed by atoms with Crippen LogP contribution in [0.15, 0.2) is 67.1 Å². The van der Waals surface area contributed by atoms with Gasteiger partial charge in [0, 0.05) is 36.6 Å². The molecule has 0 unspecified atom stereocenters. The Hall–Kier alpha value is -3.25. The van der Waals surface area contributed by atoms with Gasteiger partial charge in [0.25, 0.3) is 0 Å². The molecule has 0 spiro atoms. The van der Waals surface area contributed by atoms with E-state index in [9.17, 15) is 4.39 Å². The van der Waals surface area contributed by atoms with Crippen LogP contribution in [-0.2, 0) is 13.0 Å². The number of benzene rings is 2. The number of aromatic amines is 1. The molecule has 0 saturated carbocycles. The first kappa shape index (κ1) is 19.1. The summed E-state index contributed by atoms with van der Waals surface area (Å²) in [5.74, 6) is -0.245. The van der Waals surface area contributed by atoms with E-state index in [0.717, 1.165) is 42.0 Å². The van der Waals surface area contributed by atoms with Crippen molar-refractivity contribution < 1.29 is 4.39 Å². The summed E-state index contributed by atoms with van der Waals surface area (Å²) in [6.07, 6.45) is 6.77. The molecular formula is C23H24FN5. The largest absolute Gasteiger partial charge is 0.302 e. The first-order chi connectivity index (χ1) is 14.1. The third-order valence-corrected chi connectivity index (χ3v) is 4.98. The minimum Gasteiger partial charge on any atom is -0.302 e. The van der Waals surface area contributed by atoms with E-state index in [0.29, 0.717) is 0 Å². The Morgan fingerprint density at radius 2 is 1.83 bits per heavy atom. The van der Waals surface area contributed by atoms with Gasteiger partial charge in [-0.15, -0.1) is 0 Å². The van der Waals surface area contributed by atoms with Crippen molar-refractivity contribution in [2.45, 2.75) is 19.9 Å². The van der Waals surface area contributed by atoms with Crippen LogP contribution >= 0.6 is 0 Å². The zero-order valence-electron chi connectivity index (χ0n) is 16.6. The summed E-state index contributed by atoms with van der Waals surface area (Å²) in [5.41, 5.74) is 6.29. The SMILES string of the molecule is Cc1ccc(-n2cc(CN(C)CCc3cn[nH]c3)c(-c3ccc(F)cc3)n2)cc1. The Bertz CT molecular complexity index is 1050. The Balaban J connectivity index is 1.61. The van der Waals surface area contributed by atoms with Crippen LogP contribution < -0.4 is 0 Å². The molecule has 148 valence electrons. The molecule has 6 heteroatoms. The number of halogens is 1. The van der Waals surface area contributed by atoms with Gasteiger partial charge in [-0.2, -0.15) is 10.2 Å². The van der Waals surface area contributed by atoms with E-state index in [1.165, 1.54) is 23.3 Å². The van der Waals surface area contributed by atoms with Crippen LogP contribution in [0.2, 0.25) is 0 Å². The first-order valence-corrected chi connectivity index (χ1v) is 9.66. The standard InChI is InChI=1S/C23H24FN5/c1-17-3-9-22(10-4-17)29-16-20(15-28(2)12-11-18-13-25-26-14-18)23(27-29)19-5-7-21(24)8-6-19/h3-10,13-14,16H,11-12,15H2,1-2H3,(H,25,26). The van der Waals surface area contributed by atoms with Crippen LogP contribution in [0.1, 0.15) is 16.7 Å². The number of likely N-dealkylation sites (N-methyl/N-ethyl adjacent to an activating group) is 1. The number of H-pyrrole nitrogens is 1. The van der Waals surface area contributed by atoms with Gasteiger partial charge >= 0.3 is 0 Å². The topological polar surface area (TPSA) is 49.7 Å². The van der Waals surface area contributed by atoms with Crippen molar-refractivity contribution in [2.75, 3.05) is 13.6 Å². The number of nitrogens with zero attached hydrogens (tertiary/aromatic N) is 4. The molecule has 0 fully saturated rings. The summed E-state index contributed by atoms with van der Waals surface area (Å²) >= 11 is 0. The van der Waals surface area contributed by atoms with Crippen LogP contribution in [0.25, 0.3) is 16.9 Å². The van der Waals surface area contributed by atoms with Gasteiger partial charge < -0.3 is 4.90 Å². The highest BCUT2D eigenvalue weighted by atomic mass is 19.1. The fraction of sp³-hybridized carbons (Fsp3) is 0.217. The van der Waals surface area contributed by atoms with Gasteiger partial charge in [0.1, 0.15) is 5.82 Å². The Morgan fingerprint density at radius 1 is 1.07 bits per heavy atom. The van der Waals surface area contributed by atoms with E-state index in [-0.39, 0.29) is 5.82 Å². The smallest absolute Gasteiger partial charge is 0.123 e. The molecule has 0 atom stereocenters. The summed E-state index contributed by atoms with van der Waals surface area (Å²) in [4.78, 5) is 2.26. The van der Waals surface area contributed by atoms with Gasteiger partial charge in [0.05, 0.1) is 17.6 Å². The third-order valence-electron chi connectivity index (χ3n) is 4.98.